The maximum Gasteiger partial charge on any atom is 0.261 e. The lowest BCUT2D eigenvalue weighted by Gasteiger charge is -2.34. The Bertz CT molecular complexity index is 1340. The van der Waals surface area contributed by atoms with Crippen LogP contribution in [0.2, 0.25) is 0 Å². The van der Waals surface area contributed by atoms with Gasteiger partial charge in [0.1, 0.15) is 6.10 Å². The lowest BCUT2D eigenvalue weighted by atomic mass is 9.85. The van der Waals surface area contributed by atoms with E-state index < -0.39 is 29.7 Å². The summed E-state index contributed by atoms with van der Waals surface area (Å²) in [6.07, 6.45) is 0.0962. The molecular weight excluding hydrogens is 448 g/mol. The van der Waals surface area contributed by atoms with Crippen LogP contribution in [0.15, 0.2) is 54.6 Å². The number of imide groups is 2. The first kappa shape index (κ1) is 21.6. The summed E-state index contributed by atoms with van der Waals surface area (Å²) in [7, 11) is 0. The monoisotopic (exact) mass is 470 g/mol. The highest BCUT2D eigenvalue weighted by Gasteiger charge is 2.41. The van der Waals surface area contributed by atoms with Gasteiger partial charge in [0.05, 0.1) is 32.4 Å². The fraction of sp³-hybridized carbons (Fsp3) is 0.259. The van der Waals surface area contributed by atoms with Gasteiger partial charge >= 0.3 is 0 Å². The molecule has 3 aliphatic heterocycles. The van der Waals surface area contributed by atoms with E-state index in [0.717, 1.165) is 10.5 Å². The summed E-state index contributed by atoms with van der Waals surface area (Å²) >= 11 is 0. The van der Waals surface area contributed by atoms with Gasteiger partial charge in [0, 0.05) is 33.0 Å². The third-order valence-electron chi connectivity index (χ3n) is 6.84. The van der Waals surface area contributed by atoms with Gasteiger partial charge in [-0.05, 0) is 36.8 Å². The lowest BCUT2D eigenvalue weighted by Crippen LogP contribution is -2.44. The smallest absolute Gasteiger partial charge is 0.261 e. The maximum absolute atomic E-state index is 13.5. The topological polar surface area (TPSA) is 96.5 Å². The van der Waals surface area contributed by atoms with Crippen LogP contribution >= 0.6 is 0 Å². The van der Waals surface area contributed by atoms with E-state index in [-0.39, 0.29) is 19.3 Å². The molecule has 3 aliphatic rings. The predicted molar refractivity (Wildman–Crippen MR) is 125 cm³/mol. The molecule has 35 heavy (non-hydrogen) atoms. The summed E-state index contributed by atoms with van der Waals surface area (Å²) in [6, 6.07) is 15.2. The standard InChI is InChI=1S/C27H22N2O6/c1-15(16-5-3-2-4-6-16)29-26(32)20-9-7-18-22-19(8-10-21(23(20)22)27(29)33)25(31)28(24(18)30)11-12-34-13-17-14-35-17/h2-10,15,17H,11-14H2,1H3. The Kier molecular flexibility index (Phi) is 5.01. The number of hydrogen-bond donors (Lipinski definition) is 0. The summed E-state index contributed by atoms with van der Waals surface area (Å²) in [5, 5.41) is 0.738. The van der Waals surface area contributed by atoms with Gasteiger partial charge in [0.2, 0.25) is 0 Å². The number of epoxide rings is 1. The van der Waals surface area contributed by atoms with E-state index in [4.69, 9.17) is 9.47 Å². The molecule has 176 valence electrons. The summed E-state index contributed by atoms with van der Waals surface area (Å²) < 4.78 is 10.6. The van der Waals surface area contributed by atoms with Crippen molar-refractivity contribution in [1.82, 2.24) is 9.80 Å². The maximum atomic E-state index is 13.5. The van der Waals surface area contributed by atoms with Crippen molar-refractivity contribution in [2.75, 3.05) is 26.4 Å². The van der Waals surface area contributed by atoms with E-state index in [0.29, 0.717) is 46.2 Å². The Hall–Kier alpha value is -3.88. The fourth-order valence-electron chi connectivity index (χ4n) is 4.91. The first-order valence-corrected chi connectivity index (χ1v) is 11.6. The van der Waals surface area contributed by atoms with E-state index in [1.54, 1.807) is 24.3 Å². The van der Waals surface area contributed by atoms with Crippen LogP contribution in [0.5, 0.6) is 0 Å². The van der Waals surface area contributed by atoms with Crippen LogP contribution in [0.1, 0.15) is 60.0 Å². The number of rotatable bonds is 7. The molecule has 2 atom stereocenters. The highest BCUT2D eigenvalue weighted by atomic mass is 16.6. The highest BCUT2D eigenvalue weighted by molar-refractivity contribution is 6.33. The summed E-state index contributed by atoms with van der Waals surface area (Å²) in [5.74, 6) is -1.81. The zero-order valence-corrected chi connectivity index (χ0v) is 19.0. The molecule has 0 radical (unpaired) electrons. The number of carbonyl (C=O) groups excluding carboxylic acids is 4. The zero-order chi connectivity index (χ0) is 24.3. The van der Waals surface area contributed by atoms with Crippen LogP contribution in [-0.4, -0.2) is 65.9 Å². The Morgan fingerprint density at radius 1 is 0.829 bits per heavy atom. The highest BCUT2D eigenvalue weighted by Crippen LogP contribution is 2.39. The van der Waals surface area contributed by atoms with Gasteiger partial charge in [-0.3, -0.25) is 29.0 Å². The molecule has 3 heterocycles. The lowest BCUT2D eigenvalue weighted by molar-refractivity contribution is 0.0500. The van der Waals surface area contributed by atoms with E-state index in [1.807, 2.05) is 37.3 Å². The third-order valence-corrected chi connectivity index (χ3v) is 6.84. The second-order valence-electron chi connectivity index (χ2n) is 8.93. The van der Waals surface area contributed by atoms with E-state index >= 15 is 0 Å². The molecule has 8 heteroatoms. The van der Waals surface area contributed by atoms with Crippen molar-refractivity contribution in [2.24, 2.45) is 0 Å². The van der Waals surface area contributed by atoms with Gasteiger partial charge in [0.15, 0.2) is 0 Å². The van der Waals surface area contributed by atoms with Crippen LogP contribution in [0.25, 0.3) is 10.8 Å². The molecule has 1 saturated heterocycles. The zero-order valence-electron chi connectivity index (χ0n) is 19.0. The Labute approximate surface area is 201 Å². The number of carbonyl (C=O) groups is 4. The third kappa shape index (κ3) is 3.37. The molecule has 0 aliphatic carbocycles. The Balaban J connectivity index is 1.38. The molecule has 6 rings (SSSR count). The molecule has 3 aromatic carbocycles. The van der Waals surface area contributed by atoms with Crippen molar-refractivity contribution < 1.29 is 28.7 Å². The van der Waals surface area contributed by atoms with Crippen molar-refractivity contribution in [3.8, 4) is 0 Å². The van der Waals surface area contributed by atoms with Crippen molar-refractivity contribution in [3.05, 3.63) is 82.4 Å². The van der Waals surface area contributed by atoms with E-state index in [9.17, 15) is 19.2 Å². The molecule has 2 unspecified atom stereocenters. The summed E-state index contributed by atoms with van der Waals surface area (Å²) in [4.78, 5) is 55.9. The minimum Gasteiger partial charge on any atom is -0.377 e. The van der Waals surface area contributed by atoms with E-state index in [1.165, 1.54) is 4.90 Å². The van der Waals surface area contributed by atoms with Crippen LogP contribution in [0.4, 0.5) is 0 Å². The van der Waals surface area contributed by atoms with Crippen molar-refractivity contribution in [3.63, 3.8) is 0 Å². The van der Waals surface area contributed by atoms with Crippen LogP contribution in [0.3, 0.4) is 0 Å². The molecule has 0 bridgehead atoms. The number of benzene rings is 3. The SMILES string of the molecule is CC(c1ccccc1)N1C(=O)c2ccc3c4c(ccc(c24)C1=O)C(=O)N(CCOCC1CO1)C3=O. The predicted octanol–water partition coefficient (Wildman–Crippen LogP) is 3.21. The average Bonchev–Trinajstić information content (AvgIpc) is 3.70. The fourth-order valence-corrected chi connectivity index (χ4v) is 4.91. The second kappa shape index (κ2) is 8.11. The summed E-state index contributed by atoms with van der Waals surface area (Å²) in [5.41, 5.74) is 2.06. The van der Waals surface area contributed by atoms with Crippen molar-refractivity contribution in [1.29, 1.82) is 0 Å². The molecule has 4 amide bonds. The molecule has 0 aromatic heterocycles. The first-order valence-electron chi connectivity index (χ1n) is 11.6. The van der Waals surface area contributed by atoms with Crippen LogP contribution < -0.4 is 0 Å². The van der Waals surface area contributed by atoms with Gasteiger partial charge in [0.25, 0.3) is 23.6 Å². The number of nitrogens with zero attached hydrogens (tertiary/aromatic N) is 2. The molecule has 8 nitrogen and oxygen atoms in total. The van der Waals surface area contributed by atoms with Gasteiger partial charge in [-0.25, -0.2) is 0 Å². The van der Waals surface area contributed by atoms with Crippen molar-refractivity contribution >= 4 is 34.4 Å². The number of ether oxygens (including phenoxy) is 2. The molecule has 0 N–H and O–H groups in total. The van der Waals surface area contributed by atoms with E-state index in [2.05, 4.69) is 0 Å². The number of amides is 4. The minimum atomic E-state index is -0.480. The Morgan fingerprint density at radius 2 is 1.34 bits per heavy atom. The first-order chi connectivity index (χ1) is 17.0. The molecule has 1 fully saturated rings. The largest absolute Gasteiger partial charge is 0.377 e. The van der Waals surface area contributed by atoms with Gasteiger partial charge < -0.3 is 9.47 Å². The molecule has 3 aromatic rings. The molecule has 0 saturated carbocycles. The average molecular weight is 470 g/mol. The van der Waals surface area contributed by atoms with Crippen LogP contribution in [-0.2, 0) is 9.47 Å². The Morgan fingerprint density at radius 3 is 1.86 bits per heavy atom. The summed E-state index contributed by atoms with van der Waals surface area (Å²) in [6.45, 7) is 3.21. The second-order valence-corrected chi connectivity index (χ2v) is 8.93. The quantitative estimate of drug-likeness (QED) is 0.299. The van der Waals surface area contributed by atoms with Crippen molar-refractivity contribution in [2.45, 2.75) is 19.1 Å². The molecule has 0 spiro atoms. The van der Waals surface area contributed by atoms with Gasteiger partial charge in [-0.2, -0.15) is 0 Å². The van der Waals surface area contributed by atoms with Gasteiger partial charge in [-0.15, -0.1) is 0 Å². The normalized spacial score (nSPS) is 19.5. The minimum absolute atomic E-state index is 0.0962. The number of hydrogen-bond acceptors (Lipinski definition) is 6. The van der Waals surface area contributed by atoms with Gasteiger partial charge in [-0.1, -0.05) is 30.3 Å². The van der Waals surface area contributed by atoms with Crippen LogP contribution in [0, 0.1) is 0 Å². The molecular formula is C27H22N2O6.